The first-order chi connectivity index (χ1) is 9.59. The third kappa shape index (κ3) is 4.46. The smallest absolute Gasteiger partial charge is 0.240 e. The van der Waals surface area contributed by atoms with E-state index >= 15 is 0 Å². The van der Waals surface area contributed by atoms with E-state index in [0.29, 0.717) is 24.3 Å². The number of benzene rings is 1. The van der Waals surface area contributed by atoms with Gasteiger partial charge in [-0.15, -0.1) is 0 Å². The van der Waals surface area contributed by atoms with E-state index in [9.17, 15) is 0 Å². The average Bonchev–Trinajstić information content (AvgIpc) is 2.87. The van der Waals surface area contributed by atoms with Crippen LogP contribution in [0.5, 0.6) is 0 Å². The van der Waals surface area contributed by atoms with Gasteiger partial charge in [0, 0.05) is 13.0 Å². The average molecular weight is 273 g/mol. The van der Waals surface area contributed by atoms with Gasteiger partial charge in [-0.2, -0.15) is 4.98 Å². The second kappa shape index (κ2) is 6.66. The van der Waals surface area contributed by atoms with Gasteiger partial charge in [0.25, 0.3) is 0 Å². The summed E-state index contributed by atoms with van der Waals surface area (Å²) in [5.74, 6) is 1.39. The molecule has 0 spiro atoms. The SMILES string of the molecule is CCC(C)(C)CNCc1nc(Cc2ccccc2)no1. The highest BCUT2D eigenvalue weighted by atomic mass is 16.5. The van der Waals surface area contributed by atoms with Crippen molar-refractivity contribution in [1.82, 2.24) is 15.5 Å². The van der Waals surface area contributed by atoms with Crippen LogP contribution in [0, 0.1) is 5.41 Å². The Labute approximate surface area is 120 Å². The fraction of sp³-hybridized carbons (Fsp3) is 0.500. The lowest BCUT2D eigenvalue weighted by molar-refractivity contribution is 0.308. The van der Waals surface area contributed by atoms with E-state index in [0.717, 1.165) is 18.8 Å². The maximum Gasteiger partial charge on any atom is 0.240 e. The van der Waals surface area contributed by atoms with Gasteiger partial charge in [-0.25, -0.2) is 0 Å². The Kier molecular flexibility index (Phi) is 4.90. The molecule has 2 aromatic rings. The predicted octanol–water partition coefficient (Wildman–Crippen LogP) is 3.19. The molecule has 2 rings (SSSR count). The monoisotopic (exact) mass is 273 g/mol. The van der Waals surface area contributed by atoms with Crippen LogP contribution in [0.4, 0.5) is 0 Å². The molecule has 0 aliphatic heterocycles. The molecule has 20 heavy (non-hydrogen) atoms. The van der Waals surface area contributed by atoms with Crippen molar-refractivity contribution in [3.63, 3.8) is 0 Å². The summed E-state index contributed by atoms with van der Waals surface area (Å²) in [6.07, 6.45) is 1.86. The van der Waals surface area contributed by atoms with Gasteiger partial charge in [-0.05, 0) is 17.4 Å². The van der Waals surface area contributed by atoms with Gasteiger partial charge in [-0.3, -0.25) is 0 Å². The summed E-state index contributed by atoms with van der Waals surface area (Å²) in [6, 6.07) is 10.2. The quantitative estimate of drug-likeness (QED) is 0.841. The zero-order valence-corrected chi connectivity index (χ0v) is 12.5. The van der Waals surface area contributed by atoms with Crippen LogP contribution in [0.15, 0.2) is 34.9 Å². The molecule has 108 valence electrons. The van der Waals surface area contributed by atoms with Crippen molar-refractivity contribution >= 4 is 0 Å². The van der Waals surface area contributed by atoms with Crippen molar-refractivity contribution in [1.29, 1.82) is 0 Å². The van der Waals surface area contributed by atoms with Crippen LogP contribution in [0.3, 0.4) is 0 Å². The lowest BCUT2D eigenvalue weighted by atomic mass is 9.90. The van der Waals surface area contributed by atoms with E-state index in [-0.39, 0.29) is 0 Å². The summed E-state index contributed by atoms with van der Waals surface area (Å²) in [5, 5.41) is 7.39. The second-order valence-corrected chi connectivity index (χ2v) is 5.89. The minimum absolute atomic E-state index is 0.299. The molecule has 0 bridgehead atoms. The van der Waals surface area contributed by atoms with Crippen molar-refractivity contribution in [3.05, 3.63) is 47.6 Å². The van der Waals surface area contributed by atoms with Crippen molar-refractivity contribution in [3.8, 4) is 0 Å². The fourth-order valence-corrected chi connectivity index (χ4v) is 1.85. The summed E-state index contributed by atoms with van der Waals surface area (Å²) in [6.45, 7) is 8.26. The normalized spacial score (nSPS) is 11.8. The highest BCUT2D eigenvalue weighted by molar-refractivity contribution is 5.18. The van der Waals surface area contributed by atoms with E-state index in [2.05, 4.69) is 48.4 Å². The van der Waals surface area contributed by atoms with Crippen molar-refractivity contribution in [2.24, 2.45) is 5.41 Å². The van der Waals surface area contributed by atoms with Crippen LogP contribution in [-0.2, 0) is 13.0 Å². The molecule has 0 fully saturated rings. The molecule has 0 radical (unpaired) electrons. The Morgan fingerprint density at radius 1 is 1.20 bits per heavy atom. The molecule has 0 amide bonds. The molecule has 0 unspecified atom stereocenters. The van der Waals surface area contributed by atoms with Gasteiger partial charge in [0.05, 0.1) is 6.54 Å². The van der Waals surface area contributed by atoms with Gasteiger partial charge in [0.15, 0.2) is 5.82 Å². The molecule has 1 aromatic heterocycles. The van der Waals surface area contributed by atoms with E-state index in [1.165, 1.54) is 5.56 Å². The van der Waals surface area contributed by atoms with E-state index in [1.807, 2.05) is 18.2 Å². The summed E-state index contributed by atoms with van der Waals surface area (Å²) in [4.78, 5) is 4.41. The number of hydrogen-bond acceptors (Lipinski definition) is 4. The number of hydrogen-bond donors (Lipinski definition) is 1. The van der Waals surface area contributed by atoms with Crippen LogP contribution in [0.2, 0.25) is 0 Å². The van der Waals surface area contributed by atoms with Crippen molar-refractivity contribution in [2.75, 3.05) is 6.54 Å². The lowest BCUT2D eigenvalue weighted by Gasteiger charge is -2.22. The Bertz CT molecular complexity index is 520. The summed E-state index contributed by atoms with van der Waals surface area (Å²) < 4.78 is 5.26. The van der Waals surface area contributed by atoms with Crippen LogP contribution in [0.25, 0.3) is 0 Å². The summed E-state index contributed by atoms with van der Waals surface area (Å²) >= 11 is 0. The summed E-state index contributed by atoms with van der Waals surface area (Å²) in [7, 11) is 0. The third-order valence-electron chi connectivity index (χ3n) is 3.55. The first-order valence-electron chi connectivity index (χ1n) is 7.15. The molecule has 1 aromatic carbocycles. The third-order valence-corrected chi connectivity index (χ3v) is 3.55. The Morgan fingerprint density at radius 2 is 1.95 bits per heavy atom. The van der Waals surface area contributed by atoms with Gasteiger partial charge >= 0.3 is 0 Å². The van der Waals surface area contributed by atoms with Gasteiger partial charge in [0.2, 0.25) is 5.89 Å². The number of aromatic nitrogens is 2. The van der Waals surface area contributed by atoms with Crippen molar-refractivity contribution in [2.45, 2.75) is 40.2 Å². The molecule has 0 aliphatic rings. The zero-order valence-electron chi connectivity index (χ0n) is 12.5. The minimum Gasteiger partial charge on any atom is -0.338 e. The molecule has 4 heteroatoms. The predicted molar refractivity (Wildman–Crippen MR) is 79.3 cm³/mol. The van der Waals surface area contributed by atoms with Crippen LogP contribution in [-0.4, -0.2) is 16.7 Å². The number of nitrogens with zero attached hydrogens (tertiary/aromatic N) is 2. The molecule has 0 saturated carbocycles. The molecule has 4 nitrogen and oxygen atoms in total. The molecule has 0 aliphatic carbocycles. The van der Waals surface area contributed by atoms with E-state index in [1.54, 1.807) is 0 Å². The topological polar surface area (TPSA) is 51.0 Å². The molecule has 1 N–H and O–H groups in total. The van der Waals surface area contributed by atoms with Gasteiger partial charge in [0.1, 0.15) is 0 Å². The molecular weight excluding hydrogens is 250 g/mol. The summed E-state index contributed by atoms with van der Waals surface area (Å²) in [5.41, 5.74) is 1.49. The van der Waals surface area contributed by atoms with Crippen LogP contribution >= 0.6 is 0 Å². The Balaban J connectivity index is 1.84. The minimum atomic E-state index is 0.299. The maximum absolute atomic E-state index is 5.26. The number of nitrogens with one attached hydrogen (secondary N) is 1. The van der Waals surface area contributed by atoms with E-state index < -0.39 is 0 Å². The maximum atomic E-state index is 5.26. The molecule has 0 atom stereocenters. The van der Waals surface area contributed by atoms with Gasteiger partial charge in [-0.1, -0.05) is 56.3 Å². The van der Waals surface area contributed by atoms with Crippen LogP contribution < -0.4 is 5.32 Å². The highest BCUT2D eigenvalue weighted by Crippen LogP contribution is 2.17. The van der Waals surface area contributed by atoms with E-state index in [4.69, 9.17) is 4.52 Å². The molecular formula is C16H23N3O. The Morgan fingerprint density at radius 3 is 2.65 bits per heavy atom. The zero-order chi connectivity index (χ0) is 14.4. The first-order valence-corrected chi connectivity index (χ1v) is 7.15. The van der Waals surface area contributed by atoms with Crippen LogP contribution in [0.1, 0.15) is 44.5 Å². The lowest BCUT2D eigenvalue weighted by Crippen LogP contribution is -2.28. The Hall–Kier alpha value is -1.68. The highest BCUT2D eigenvalue weighted by Gasteiger charge is 2.15. The molecule has 0 saturated heterocycles. The molecule has 1 heterocycles. The van der Waals surface area contributed by atoms with Gasteiger partial charge < -0.3 is 9.84 Å². The van der Waals surface area contributed by atoms with Crippen molar-refractivity contribution < 1.29 is 4.52 Å². The second-order valence-electron chi connectivity index (χ2n) is 5.89. The first kappa shape index (κ1) is 14.7. The standard InChI is InChI=1S/C16H23N3O/c1-4-16(2,3)12-17-11-15-18-14(19-20-15)10-13-8-6-5-7-9-13/h5-9,17H,4,10-12H2,1-3H3. The largest absolute Gasteiger partial charge is 0.338 e. The fourth-order valence-electron chi connectivity index (χ4n) is 1.85. The number of rotatable bonds is 7.